The van der Waals surface area contributed by atoms with E-state index in [1.54, 1.807) is 0 Å². The molecule has 0 saturated carbocycles. The lowest BCUT2D eigenvalue weighted by Gasteiger charge is -2.06. The van der Waals surface area contributed by atoms with E-state index in [-0.39, 0.29) is 0 Å². The van der Waals surface area contributed by atoms with E-state index in [0.29, 0.717) is 13.2 Å². The van der Waals surface area contributed by atoms with E-state index in [0.717, 1.165) is 25.3 Å². The van der Waals surface area contributed by atoms with Crippen LogP contribution in [-0.2, 0) is 13.9 Å². The van der Waals surface area contributed by atoms with Gasteiger partial charge in [-0.3, -0.25) is 0 Å². The topological polar surface area (TPSA) is 44.8 Å². The maximum absolute atomic E-state index is 11.0. The molecule has 0 saturated heterocycles. The number of alkyl halides is 2. The largest absolute Gasteiger partial charge is 0.508 e. The van der Waals surface area contributed by atoms with E-state index >= 15 is 0 Å². The van der Waals surface area contributed by atoms with Gasteiger partial charge in [0.05, 0.1) is 13.2 Å². The second-order valence-corrected chi connectivity index (χ2v) is 5.60. The van der Waals surface area contributed by atoms with Gasteiger partial charge >= 0.3 is 6.16 Å². The highest BCUT2D eigenvalue weighted by atomic mass is 35.5. The number of hydrogen-bond acceptors (Lipinski definition) is 4. The van der Waals surface area contributed by atoms with Gasteiger partial charge in [0.2, 0.25) is 0 Å². The van der Waals surface area contributed by atoms with Crippen molar-refractivity contribution in [2.75, 3.05) is 13.2 Å². The SMILES string of the molecule is CCCCOC(=O)OCCC[SiH2]OC(Cl)Cl. The fourth-order valence-electron chi connectivity index (χ4n) is 0.874. The standard InChI is InChI=1S/C9H18Cl2O4Si/c1-2-3-5-13-9(12)14-6-4-7-16-15-8(10)11/h8H,2-7,16H2,1H3. The molecule has 0 aliphatic heterocycles. The lowest BCUT2D eigenvalue weighted by Crippen LogP contribution is -2.10. The van der Waals surface area contributed by atoms with Gasteiger partial charge in [-0.15, -0.1) is 0 Å². The van der Waals surface area contributed by atoms with Crippen molar-refractivity contribution < 1.29 is 18.7 Å². The minimum Gasteiger partial charge on any atom is -0.434 e. The number of hydrogen-bond donors (Lipinski definition) is 0. The number of ether oxygens (including phenoxy) is 2. The van der Waals surface area contributed by atoms with Gasteiger partial charge in [-0.25, -0.2) is 4.79 Å². The van der Waals surface area contributed by atoms with E-state index in [1.165, 1.54) is 0 Å². The quantitative estimate of drug-likeness (QED) is 0.283. The number of rotatable bonds is 9. The first-order valence-corrected chi connectivity index (χ1v) is 7.81. The third-order valence-corrected chi connectivity index (χ3v) is 3.75. The van der Waals surface area contributed by atoms with Gasteiger partial charge in [-0.05, 0) is 18.9 Å². The molecule has 0 unspecified atom stereocenters. The summed E-state index contributed by atoms with van der Waals surface area (Å²) >= 11 is 10.8. The summed E-state index contributed by atoms with van der Waals surface area (Å²) in [6.07, 6.45) is 2.02. The maximum Gasteiger partial charge on any atom is 0.508 e. The smallest absolute Gasteiger partial charge is 0.434 e. The predicted molar refractivity (Wildman–Crippen MR) is 66.8 cm³/mol. The molecule has 16 heavy (non-hydrogen) atoms. The Hall–Kier alpha value is 0.0269. The minimum atomic E-state index is -0.730. The molecule has 0 spiro atoms. The van der Waals surface area contributed by atoms with E-state index in [1.807, 2.05) is 6.92 Å². The first-order valence-electron chi connectivity index (χ1n) is 5.36. The van der Waals surface area contributed by atoms with Crippen molar-refractivity contribution in [2.24, 2.45) is 0 Å². The zero-order valence-electron chi connectivity index (χ0n) is 9.42. The van der Waals surface area contributed by atoms with Gasteiger partial charge in [0.1, 0.15) is 0 Å². The average Bonchev–Trinajstić information content (AvgIpc) is 2.23. The Morgan fingerprint density at radius 2 is 1.88 bits per heavy atom. The molecular formula is C9H18Cl2O4Si. The molecule has 0 radical (unpaired) electrons. The molecule has 0 amide bonds. The van der Waals surface area contributed by atoms with E-state index in [4.69, 9.17) is 37.1 Å². The first-order chi connectivity index (χ1) is 7.66. The summed E-state index contributed by atoms with van der Waals surface area (Å²) in [7, 11) is -0.697. The van der Waals surface area contributed by atoms with Crippen LogP contribution in [0.4, 0.5) is 4.79 Å². The van der Waals surface area contributed by atoms with Gasteiger partial charge < -0.3 is 13.9 Å². The van der Waals surface area contributed by atoms with Crippen LogP contribution in [0.2, 0.25) is 6.04 Å². The summed E-state index contributed by atoms with van der Waals surface area (Å²) in [5, 5.41) is -0.730. The van der Waals surface area contributed by atoms with Crippen molar-refractivity contribution in [2.45, 2.75) is 37.3 Å². The molecule has 0 N–H and O–H groups in total. The lowest BCUT2D eigenvalue weighted by molar-refractivity contribution is 0.0544. The van der Waals surface area contributed by atoms with Gasteiger partial charge in [0, 0.05) is 0 Å². The number of carbonyl (C=O) groups is 1. The van der Waals surface area contributed by atoms with Gasteiger partial charge in [-0.1, -0.05) is 36.5 Å². The molecule has 0 aromatic rings. The summed E-state index contributed by atoms with van der Waals surface area (Å²) in [4.78, 5) is 11.0. The molecular weight excluding hydrogens is 271 g/mol. The van der Waals surface area contributed by atoms with Crippen LogP contribution in [0.25, 0.3) is 0 Å². The van der Waals surface area contributed by atoms with Crippen LogP contribution in [0.1, 0.15) is 26.2 Å². The second kappa shape index (κ2) is 11.5. The molecule has 0 atom stereocenters. The Morgan fingerprint density at radius 3 is 2.44 bits per heavy atom. The van der Waals surface area contributed by atoms with Crippen LogP contribution in [-0.4, -0.2) is 34.2 Å². The molecule has 0 aliphatic carbocycles. The van der Waals surface area contributed by atoms with Crippen LogP contribution in [0.5, 0.6) is 0 Å². The van der Waals surface area contributed by atoms with E-state index in [9.17, 15) is 4.79 Å². The molecule has 0 rings (SSSR count). The lowest BCUT2D eigenvalue weighted by atomic mass is 10.4. The minimum absolute atomic E-state index is 0.358. The summed E-state index contributed by atoms with van der Waals surface area (Å²) in [6, 6.07) is 0.873. The van der Waals surface area contributed by atoms with Gasteiger partial charge in [0.15, 0.2) is 14.8 Å². The Bertz CT molecular complexity index is 181. The second-order valence-electron chi connectivity index (χ2n) is 3.14. The highest BCUT2D eigenvalue weighted by Gasteiger charge is 2.03. The van der Waals surface area contributed by atoms with Crippen molar-refractivity contribution in [1.82, 2.24) is 0 Å². The fourth-order valence-corrected chi connectivity index (χ4v) is 2.16. The van der Waals surface area contributed by atoms with Crippen LogP contribution >= 0.6 is 23.2 Å². The Balaban J connectivity index is 3.15. The molecule has 4 nitrogen and oxygen atoms in total. The normalized spacial score (nSPS) is 11.2. The van der Waals surface area contributed by atoms with E-state index in [2.05, 4.69) is 0 Å². The van der Waals surface area contributed by atoms with Gasteiger partial charge in [0.25, 0.3) is 0 Å². The number of unbranched alkanes of at least 4 members (excludes halogenated alkanes) is 1. The zero-order valence-corrected chi connectivity index (χ0v) is 12.3. The summed E-state index contributed by atoms with van der Waals surface area (Å²) in [5.41, 5.74) is 0. The third kappa shape index (κ3) is 12.1. The molecule has 0 aromatic carbocycles. The molecule has 0 aliphatic rings. The summed E-state index contributed by atoms with van der Waals surface area (Å²) in [5.74, 6) is 0. The maximum atomic E-state index is 11.0. The highest BCUT2D eigenvalue weighted by molar-refractivity contribution is 6.45. The molecule has 0 aromatic heterocycles. The fraction of sp³-hybridized carbons (Fsp3) is 0.889. The van der Waals surface area contributed by atoms with Crippen molar-refractivity contribution in [3.05, 3.63) is 0 Å². The van der Waals surface area contributed by atoms with Crippen molar-refractivity contribution in [1.29, 1.82) is 0 Å². The first kappa shape index (κ1) is 16.0. The predicted octanol–water partition coefficient (Wildman–Crippen LogP) is 2.61. The molecule has 96 valence electrons. The molecule has 7 heteroatoms. The average molecular weight is 289 g/mol. The Morgan fingerprint density at radius 1 is 1.25 bits per heavy atom. The highest BCUT2D eigenvalue weighted by Crippen LogP contribution is 2.03. The molecule has 0 bridgehead atoms. The molecule has 0 fully saturated rings. The van der Waals surface area contributed by atoms with Crippen LogP contribution < -0.4 is 0 Å². The summed E-state index contributed by atoms with van der Waals surface area (Å²) in [6.45, 7) is 2.81. The van der Waals surface area contributed by atoms with Gasteiger partial charge in [-0.2, -0.15) is 0 Å². The van der Waals surface area contributed by atoms with E-state index < -0.39 is 20.9 Å². The molecule has 0 heterocycles. The third-order valence-electron chi connectivity index (χ3n) is 1.72. The monoisotopic (exact) mass is 288 g/mol. The summed E-state index contributed by atoms with van der Waals surface area (Å²) < 4.78 is 14.7. The van der Waals surface area contributed by atoms with Crippen LogP contribution in [0, 0.1) is 0 Å². The van der Waals surface area contributed by atoms with Crippen LogP contribution in [0.3, 0.4) is 0 Å². The number of halogens is 2. The van der Waals surface area contributed by atoms with Crippen molar-refractivity contribution >= 4 is 39.1 Å². The number of carbonyl (C=O) groups excluding carboxylic acids is 1. The van der Waals surface area contributed by atoms with Crippen molar-refractivity contribution in [3.8, 4) is 0 Å². The van der Waals surface area contributed by atoms with Crippen molar-refractivity contribution in [3.63, 3.8) is 0 Å². The zero-order chi connectivity index (χ0) is 12.2. The van der Waals surface area contributed by atoms with Crippen LogP contribution in [0.15, 0.2) is 0 Å². The Labute approximate surface area is 108 Å². The Kier molecular flexibility index (Phi) is 11.5.